The Balaban J connectivity index is 1.91. The molecule has 3 heterocycles. The van der Waals surface area contributed by atoms with E-state index < -0.39 is 117 Å². The first kappa shape index (κ1) is 33.4. The van der Waals surface area contributed by atoms with Crippen LogP contribution in [-0.4, -0.2) is 158 Å². The molecular formula is C23H42N4O13. The highest BCUT2D eigenvalue weighted by Gasteiger charge is 2.63. The molecule has 0 radical (unpaired) electrons. The number of aliphatic hydroxyl groups is 8. The van der Waals surface area contributed by atoms with Crippen LogP contribution in [0.1, 0.15) is 13.8 Å². The summed E-state index contributed by atoms with van der Waals surface area (Å²) in [7, 11) is 0. The monoisotopic (exact) mass is 582 g/mol. The van der Waals surface area contributed by atoms with E-state index in [0.717, 1.165) is 0 Å². The molecule has 0 aromatic rings. The molecule has 0 amide bonds. The van der Waals surface area contributed by atoms with Gasteiger partial charge in [-0.2, -0.15) is 0 Å². The summed E-state index contributed by atoms with van der Waals surface area (Å²) in [6, 6.07) is -5.47. The van der Waals surface area contributed by atoms with Crippen LogP contribution >= 0.6 is 0 Å². The average molecular weight is 583 g/mol. The van der Waals surface area contributed by atoms with Crippen LogP contribution in [0.5, 0.6) is 0 Å². The maximum atomic E-state index is 11.2. The van der Waals surface area contributed by atoms with Crippen LogP contribution < -0.4 is 22.9 Å². The van der Waals surface area contributed by atoms with Crippen molar-refractivity contribution in [3.8, 4) is 11.8 Å². The van der Waals surface area contributed by atoms with E-state index in [0.29, 0.717) is 0 Å². The molecule has 3 saturated heterocycles. The van der Waals surface area contributed by atoms with E-state index >= 15 is 0 Å². The molecule has 16 N–H and O–H groups in total. The molecule has 0 spiro atoms. The van der Waals surface area contributed by atoms with Gasteiger partial charge >= 0.3 is 0 Å². The Labute approximate surface area is 230 Å². The summed E-state index contributed by atoms with van der Waals surface area (Å²) in [5.41, 5.74) is 22.3. The number of nitrogens with two attached hydrogens (primary N) is 4. The second kappa shape index (κ2) is 13.0. The predicted octanol–water partition coefficient (Wildman–Crippen LogP) is -7.56. The minimum Gasteiger partial charge on any atom is -0.394 e. The van der Waals surface area contributed by atoms with Gasteiger partial charge in [0, 0.05) is 0 Å². The zero-order chi connectivity index (χ0) is 30.2. The highest BCUT2D eigenvalue weighted by Crippen LogP contribution is 2.41. The van der Waals surface area contributed by atoms with Gasteiger partial charge in [0.25, 0.3) is 0 Å². The summed E-state index contributed by atoms with van der Waals surface area (Å²) in [4.78, 5) is 0. The predicted molar refractivity (Wildman–Crippen MR) is 132 cm³/mol. The van der Waals surface area contributed by atoms with Gasteiger partial charge in [-0.15, -0.1) is 5.92 Å². The molecule has 0 aliphatic carbocycles. The van der Waals surface area contributed by atoms with E-state index in [2.05, 4.69) is 11.8 Å². The van der Waals surface area contributed by atoms with Gasteiger partial charge in [0.05, 0.1) is 44.0 Å². The molecule has 17 nitrogen and oxygen atoms in total. The van der Waals surface area contributed by atoms with Gasteiger partial charge in [0.15, 0.2) is 18.2 Å². The Morgan fingerprint density at radius 3 is 1.98 bits per heavy atom. The first-order valence-corrected chi connectivity index (χ1v) is 12.8. The normalized spacial score (nSPS) is 50.6. The van der Waals surface area contributed by atoms with Gasteiger partial charge in [-0.3, -0.25) is 0 Å². The number of aliphatic hydroxyl groups excluding tert-OH is 8. The quantitative estimate of drug-likeness (QED) is 0.118. The van der Waals surface area contributed by atoms with Crippen molar-refractivity contribution in [1.29, 1.82) is 0 Å². The van der Waals surface area contributed by atoms with E-state index in [9.17, 15) is 40.9 Å². The van der Waals surface area contributed by atoms with Crippen molar-refractivity contribution in [2.24, 2.45) is 22.9 Å². The molecule has 3 aliphatic heterocycles. The first-order chi connectivity index (χ1) is 18.7. The molecule has 16 atom stereocenters. The van der Waals surface area contributed by atoms with E-state index in [1.807, 2.05) is 0 Å². The fourth-order valence-electron chi connectivity index (χ4n) is 5.20. The van der Waals surface area contributed by atoms with Gasteiger partial charge < -0.3 is 87.5 Å². The Kier molecular flexibility index (Phi) is 10.9. The van der Waals surface area contributed by atoms with Crippen molar-refractivity contribution in [3.63, 3.8) is 0 Å². The topological polar surface area (TPSA) is 312 Å². The Hall–Kier alpha value is -1.12. The van der Waals surface area contributed by atoms with Gasteiger partial charge in [-0.25, -0.2) is 0 Å². The van der Waals surface area contributed by atoms with E-state index in [-0.39, 0.29) is 0 Å². The van der Waals surface area contributed by atoms with Crippen molar-refractivity contribution in [1.82, 2.24) is 0 Å². The van der Waals surface area contributed by atoms with Crippen molar-refractivity contribution in [3.05, 3.63) is 0 Å². The number of ether oxygens (including phenoxy) is 5. The van der Waals surface area contributed by atoms with Gasteiger partial charge in [0.2, 0.25) is 5.79 Å². The molecule has 0 aromatic heterocycles. The molecule has 0 bridgehead atoms. The highest BCUT2D eigenvalue weighted by molar-refractivity contribution is 5.23. The molecule has 3 rings (SSSR count). The lowest BCUT2D eigenvalue weighted by molar-refractivity contribution is -0.396. The molecule has 3 fully saturated rings. The van der Waals surface area contributed by atoms with Crippen LogP contribution in [0, 0.1) is 11.8 Å². The maximum Gasteiger partial charge on any atom is 0.203 e. The summed E-state index contributed by atoms with van der Waals surface area (Å²) < 4.78 is 28.7. The van der Waals surface area contributed by atoms with Crippen molar-refractivity contribution >= 4 is 0 Å². The Morgan fingerprint density at radius 2 is 1.45 bits per heavy atom. The van der Waals surface area contributed by atoms with Gasteiger partial charge in [0.1, 0.15) is 48.8 Å². The summed E-state index contributed by atoms with van der Waals surface area (Å²) in [6.45, 7) is 0.451. The summed E-state index contributed by atoms with van der Waals surface area (Å²) in [6.07, 6.45) is -15.4. The molecule has 232 valence electrons. The average Bonchev–Trinajstić information content (AvgIpc) is 2.93. The molecule has 3 unspecified atom stereocenters. The molecule has 0 saturated carbocycles. The number of hydrogen-bond acceptors (Lipinski definition) is 17. The fourth-order valence-corrected chi connectivity index (χ4v) is 5.20. The summed E-state index contributed by atoms with van der Waals surface area (Å²) in [5, 5.41) is 82.9. The van der Waals surface area contributed by atoms with Crippen molar-refractivity contribution in [2.45, 2.75) is 111 Å². The molecule has 3 aliphatic rings. The zero-order valence-electron chi connectivity index (χ0n) is 22.1. The lowest BCUT2D eigenvalue weighted by Crippen LogP contribution is -2.79. The third-order valence-corrected chi connectivity index (χ3v) is 7.61. The van der Waals surface area contributed by atoms with E-state index in [1.165, 1.54) is 13.8 Å². The van der Waals surface area contributed by atoms with E-state index in [4.69, 9.17) is 46.6 Å². The largest absolute Gasteiger partial charge is 0.394 e. The number of hydrogen-bond donors (Lipinski definition) is 12. The minimum absolute atomic E-state index is 0.682. The zero-order valence-corrected chi connectivity index (χ0v) is 22.1. The number of rotatable bonds is 8. The standard InChI is InChI=1S/C23H42N4O13/c1-3-4-22(7-30)19(34)15(33)18(27)23(40-22,8(2)24)39-17-10(6-29)37-21(12(26)14(17)32)38-16-9(5-28)36-20(35)11(25)13(16)31/h8-21,28-35H,5-7,24-27H2,1-2H3/t8?,9-,10-,11-,12-,13-,14-,15-,16?,17?,18-,19+,20-,21+,22-,23+/m1/s1. The smallest absolute Gasteiger partial charge is 0.203 e. The van der Waals surface area contributed by atoms with Crippen molar-refractivity contribution < 1.29 is 64.5 Å². The lowest BCUT2D eigenvalue weighted by atomic mass is 9.80. The Bertz CT molecular complexity index is 906. The van der Waals surface area contributed by atoms with Crippen LogP contribution in [0.15, 0.2) is 0 Å². The van der Waals surface area contributed by atoms with Gasteiger partial charge in [-0.1, -0.05) is 5.92 Å². The Morgan fingerprint density at radius 1 is 0.875 bits per heavy atom. The SMILES string of the molecule is CC#C[C@]1(CO)O[C@@](OC2[C@@H](CO)O[C@@H](OC3[C@@H](CO)O[C@@H](O)[C@H](N)[C@H]3O)[C@H](N)[C@H]2O)(C(C)N)[C@H](N)[C@@H](O)[C@@H]1O. The highest BCUT2D eigenvalue weighted by atomic mass is 16.8. The first-order valence-electron chi connectivity index (χ1n) is 12.8. The molecular weight excluding hydrogens is 540 g/mol. The maximum absolute atomic E-state index is 11.2. The third kappa shape index (κ3) is 5.75. The fraction of sp³-hybridized carbons (Fsp3) is 0.913. The van der Waals surface area contributed by atoms with Crippen LogP contribution in [0.3, 0.4) is 0 Å². The second-order valence-electron chi connectivity index (χ2n) is 10.3. The lowest BCUT2D eigenvalue weighted by Gasteiger charge is -2.56. The summed E-state index contributed by atoms with van der Waals surface area (Å²) >= 11 is 0. The molecule has 0 aromatic carbocycles. The van der Waals surface area contributed by atoms with Crippen LogP contribution in [0.2, 0.25) is 0 Å². The van der Waals surface area contributed by atoms with Crippen molar-refractivity contribution in [2.75, 3.05) is 19.8 Å². The third-order valence-electron chi connectivity index (χ3n) is 7.61. The van der Waals surface area contributed by atoms with Crippen LogP contribution in [0.25, 0.3) is 0 Å². The van der Waals surface area contributed by atoms with Gasteiger partial charge in [-0.05, 0) is 13.8 Å². The minimum atomic E-state index is -2.21. The molecule has 17 heteroatoms. The second-order valence-corrected chi connectivity index (χ2v) is 10.3. The van der Waals surface area contributed by atoms with Crippen LogP contribution in [0.4, 0.5) is 0 Å². The molecule has 40 heavy (non-hydrogen) atoms. The van der Waals surface area contributed by atoms with Crippen LogP contribution in [-0.2, 0) is 23.7 Å². The summed E-state index contributed by atoms with van der Waals surface area (Å²) in [5.74, 6) is 2.82. The van der Waals surface area contributed by atoms with E-state index in [1.54, 1.807) is 0 Å².